The molecule has 0 fully saturated rings. The second kappa shape index (κ2) is 7.82. The fourth-order valence-electron chi connectivity index (χ4n) is 1.95. The van der Waals surface area contributed by atoms with Gasteiger partial charge in [-0.1, -0.05) is 41.9 Å². The average molecular weight is 321 g/mol. The summed E-state index contributed by atoms with van der Waals surface area (Å²) in [4.78, 5) is 12.1. The van der Waals surface area contributed by atoms with Gasteiger partial charge < -0.3 is 14.6 Å². The van der Waals surface area contributed by atoms with E-state index in [-0.39, 0.29) is 6.61 Å². The molecule has 116 valence electrons. The number of aliphatic hydroxyl groups is 1. The molecule has 0 aliphatic carbocycles. The van der Waals surface area contributed by atoms with Gasteiger partial charge in [-0.15, -0.1) is 0 Å². The molecule has 2 unspecified atom stereocenters. The van der Waals surface area contributed by atoms with E-state index in [4.69, 9.17) is 21.1 Å². The summed E-state index contributed by atoms with van der Waals surface area (Å²) in [7, 11) is 0. The van der Waals surface area contributed by atoms with Gasteiger partial charge in [-0.3, -0.25) is 0 Å². The van der Waals surface area contributed by atoms with Crippen molar-refractivity contribution in [1.29, 1.82) is 0 Å². The van der Waals surface area contributed by atoms with Crippen LogP contribution in [-0.2, 0) is 9.53 Å². The number of hydrogen-bond donors (Lipinski definition) is 1. The number of carbonyl (C=O) groups is 1. The van der Waals surface area contributed by atoms with Crippen LogP contribution in [0.2, 0.25) is 5.02 Å². The zero-order valence-corrected chi connectivity index (χ0v) is 12.9. The van der Waals surface area contributed by atoms with Crippen molar-refractivity contribution in [2.75, 3.05) is 6.61 Å². The first kappa shape index (κ1) is 16.3. The third-order valence-corrected chi connectivity index (χ3v) is 3.28. The van der Waals surface area contributed by atoms with Gasteiger partial charge >= 0.3 is 5.97 Å². The number of rotatable bonds is 6. The molecule has 0 amide bonds. The number of ether oxygens (including phenoxy) is 2. The van der Waals surface area contributed by atoms with Gasteiger partial charge in [0.1, 0.15) is 11.9 Å². The molecule has 0 heterocycles. The van der Waals surface area contributed by atoms with Gasteiger partial charge in [-0.25, -0.2) is 4.79 Å². The lowest BCUT2D eigenvalue weighted by Gasteiger charge is -2.23. The largest absolute Gasteiger partial charge is 0.476 e. The molecule has 4 nitrogen and oxygen atoms in total. The molecule has 1 N–H and O–H groups in total. The third-order valence-electron chi connectivity index (χ3n) is 3.02. The normalized spacial score (nSPS) is 13.2. The highest BCUT2D eigenvalue weighted by molar-refractivity contribution is 6.30. The minimum atomic E-state index is -1.15. The molecule has 22 heavy (non-hydrogen) atoms. The van der Waals surface area contributed by atoms with E-state index in [0.29, 0.717) is 16.3 Å². The predicted molar refractivity (Wildman–Crippen MR) is 83.9 cm³/mol. The van der Waals surface area contributed by atoms with Crippen LogP contribution in [0.3, 0.4) is 0 Å². The van der Waals surface area contributed by atoms with Crippen LogP contribution in [0.5, 0.6) is 5.75 Å². The maximum atomic E-state index is 12.1. The highest BCUT2D eigenvalue weighted by Gasteiger charge is 2.31. The Morgan fingerprint density at radius 1 is 1.14 bits per heavy atom. The highest BCUT2D eigenvalue weighted by atomic mass is 35.5. The zero-order valence-electron chi connectivity index (χ0n) is 12.1. The van der Waals surface area contributed by atoms with E-state index in [1.54, 1.807) is 55.5 Å². The molecule has 0 bridgehead atoms. The summed E-state index contributed by atoms with van der Waals surface area (Å²) in [6, 6.07) is 15.4. The minimum absolute atomic E-state index is 0.209. The Kier molecular flexibility index (Phi) is 5.81. The minimum Gasteiger partial charge on any atom is -0.476 e. The van der Waals surface area contributed by atoms with Crippen LogP contribution in [0.4, 0.5) is 0 Å². The van der Waals surface area contributed by atoms with Crippen LogP contribution in [0.1, 0.15) is 18.6 Å². The fourth-order valence-corrected chi connectivity index (χ4v) is 2.08. The van der Waals surface area contributed by atoms with Gasteiger partial charge in [0.2, 0.25) is 6.10 Å². The Labute approximate surface area is 134 Å². The molecule has 0 spiro atoms. The van der Waals surface area contributed by atoms with E-state index < -0.39 is 18.2 Å². The summed E-state index contributed by atoms with van der Waals surface area (Å²) in [6.45, 7) is 1.91. The molecule has 2 aromatic carbocycles. The molecule has 0 aliphatic heterocycles. The molecule has 2 aromatic rings. The van der Waals surface area contributed by atoms with Crippen molar-refractivity contribution >= 4 is 17.6 Å². The predicted octanol–water partition coefficient (Wildman–Crippen LogP) is 3.38. The number of aliphatic hydroxyl groups excluding tert-OH is 1. The topological polar surface area (TPSA) is 55.8 Å². The van der Waals surface area contributed by atoms with Crippen molar-refractivity contribution in [2.45, 2.75) is 19.1 Å². The summed E-state index contributed by atoms with van der Waals surface area (Å²) in [5.74, 6) is -0.189. The Morgan fingerprint density at radius 2 is 1.77 bits per heavy atom. The maximum Gasteiger partial charge on any atom is 0.350 e. The quantitative estimate of drug-likeness (QED) is 0.829. The van der Waals surface area contributed by atoms with Crippen molar-refractivity contribution in [3.05, 3.63) is 65.2 Å². The average Bonchev–Trinajstić information content (AvgIpc) is 2.54. The van der Waals surface area contributed by atoms with Crippen LogP contribution in [0.15, 0.2) is 54.6 Å². The van der Waals surface area contributed by atoms with Crippen molar-refractivity contribution in [3.63, 3.8) is 0 Å². The SMILES string of the molecule is CCOC(=O)C(Oc1ccc(Cl)cc1)C(O)c1ccccc1. The van der Waals surface area contributed by atoms with Crippen LogP contribution in [0.25, 0.3) is 0 Å². The molecule has 0 aromatic heterocycles. The lowest BCUT2D eigenvalue weighted by molar-refractivity contribution is -0.157. The van der Waals surface area contributed by atoms with Gasteiger partial charge in [0.25, 0.3) is 0 Å². The van der Waals surface area contributed by atoms with E-state index in [1.165, 1.54) is 0 Å². The molecule has 2 atom stereocenters. The molecule has 2 rings (SSSR count). The van der Waals surface area contributed by atoms with Crippen molar-refractivity contribution in [2.24, 2.45) is 0 Å². The van der Waals surface area contributed by atoms with E-state index >= 15 is 0 Å². The lowest BCUT2D eigenvalue weighted by atomic mass is 10.0. The number of benzene rings is 2. The van der Waals surface area contributed by atoms with Crippen molar-refractivity contribution in [1.82, 2.24) is 0 Å². The smallest absolute Gasteiger partial charge is 0.350 e. The molecular formula is C17H17ClO4. The summed E-state index contributed by atoms with van der Waals surface area (Å²) in [5.41, 5.74) is 0.578. The van der Waals surface area contributed by atoms with Crippen LogP contribution in [0, 0.1) is 0 Å². The second-order valence-corrected chi connectivity index (χ2v) is 5.04. The van der Waals surface area contributed by atoms with Crippen LogP contribution < -0.4 is 4.74 Å². The molecule has 0 radical (unpaired) electrons. The van der Waals surface area contributed by atoms with E-state index in [0.717, 1.165) is 0 Å². The first-order valence-electron chi connectivity index (χ1n) is 6.93. The van der Waals surface area contributed by atoms with E-state index in [1.807, 2.05) is 6.07 Å². The first-order valence-corrected chi connectivity index (χ1v) is 7.31. The van der Waals surface area contributed by atoms with Gasteiger partial charge in [0, 0.05) is 5.02 Å². The van der Waals surface area contributed by atoms with Crippen molar-refractivity contribution < 1.29 is 19.4 Å². The standard InChI is InChI=1S/C17H17ClO4/c1-2-21-17(20)16(15(19)12-6-4-3-5-7-12)22-14-10-8-13(18)9-11-14/h3-11,15-16,19H,2H2,1H3. The Bertz CT molecular complexity index is 598. The Balaban J connectivity index is 2.22. The van der Waals surface area contributed by atoms with Gasteiger partial charge in [-0.05, 0) is 36.8 Å². The second-order valence-electron chi connectivity index (χ2n) is 4.60. The zero-order chi connectivity index (χ0) is 15.9. The van der Waals surface area contributed by atoms with Crippen LogP contribution >= 0.6 is 11.6 Å². The third kappa shape index (κ3) is 4.23. The summed E-state index contributed by atoms with van der Waals surface area (Å²) >= 11 is 5.82. The Morgan fingerprint density at radius 3 is 2.36 bits per heavy atom. The lowest BCUT2D eigenvalue weighted by Crippen LogP contribution is -2.35. The summed E-state index contributed by atoms with van der Waals surface area (Å²) < 4.78 is 10.6. The van der Waals surface area contributed by atoms with Crippen LogP contribution in [-0.4, -0.2) is 23.8 Å². The van der Waals surface area contributed by atoms with Gasteiger partial charge in [0.05, 0.1) is 6.61 Å². The highest BCUT2D eigenvalue weighted by Crippen LogP contribution is 2.24. The first-order chi connectivity index (χ1) is 10.6. The fraction of sp³-hybridized carbons (Fsp3) is 0.235. The number of carbonyl (C=O) groups excluding carboxylic acids is 1. The summed E-state index contributed by atoms with van der Waals surface area (Å²) in [5, 5.41) is 11.0. The van der Waals surface area contributed by atoms with E-state index in [2.05, 4.69) is 0 Å². The van der Waals surface area contributed by atoms with Gasteiger partial charge in [0.15, 0.2) is 0 Å². The number of hydrogen-bond acceptors (Lipinski definition) is 4. The summed E-state index contributed by atoms with van der Waals surface area (Å²) in [6.07, 6.45) is -2.28. The van der Waals surface area contributed by atoms with E-state index in [9.17, 15) is 9.90 Å². The molecule has 5 heteroatoms. The van der Waals surface area contributed by atoms with Crippen molar-refractivity contribution in [3.8, 4) is 5.75 Å². The monoisotopic (exact) mass is 320 g/mol. The number of esters is 1. The number of halogens is 1. The molecule has 0 aliphatic rings. The molecular weight excluding hydrogens is 304 g/mol. The van der Waals surface area contributed by atoms with Gasteiger partial charge in [-0.2, -0.15) is 0 Å². The molecule has 0 saturated heterocycles. The maximum absolute atomic E-state index is 12.1. The molecule has 0 saturated carbocycles. The Hall–Kier alpha value is -2.04.